The van der Waals surface area contributed by atoms with Crippen molar-refractivity contribution in [3.05, 3.63) is 29.8 Å². The van der Waals surface area contributed by atoms with E-state index in [9.17, 15) is 14.4 Å². The lowest BCUT2D eigenvalue weighted by Gasteiger charge is -2.24. The van der Waals surface area contributed by atoms with Gasteiger partial charge >= 0.3 is 6.03 Å². The molecule has 1 heterocycles. The first kappa shape index (κ1) is 16.3. The van der Waals surface area contributed by atoms with E-state index in [-0.39, 0.29) is 24.3 Å². The number of nitrogens with one attached hydrogen (secondary N) is 2. The summed E-state index contributed by atoms with van der Waals surface area (Å²) in [6, 6.07) is 6.79. The van der Waals surface area contributed by atoms with E-state index in [2.05, 4.69) is 10.6 Å². The van der Waals surface area contributed by atoms with Gasteiger partial charge in [0.15, 0.2) is 0 Å². The molecule has 24 heavy (non-hydrogen) atoms. The molecule has 2 fully saturated rings. The molecule has 0 radical (unpaired) electrons. The summed E-state index contributed by atoms with van der Waals surface area (Å²) in [5.41, 5.74) is 0.965. The van der Waals surface area contributed by atoms with Crippen LogP contribution in [0.3, 0.4) is 0 Å². The summed E-state index contributed by atoms with van der Waals surface area (Å²) in [5.74, 6) is 0.395. The fourth-order valence-corrected chi connectivity index (χ4v) is 2.90. The summed E-state index contributed by atoms with van der Waals surface area (Å²) >= 11 is 0. The Morgan fingerprint density at radius 3 is 2.67 bits per heavy atom. The number of ether oxygens (including phenoxy) is 1. The number of amides is 4. The van der Waals surface area contributed by atoms with E-state index in [4.69, 9.17) is 4.74 Å². The number of hydrogen-bond donors (Lipinski definition) is 2. The van der Waals surface area contributed by atoms with Crippen molar-refractivity contribution in [1.29, 1.82) is 0 Å². The molecule has 7 nitrogen and oxygen atoms in total. The summed E-state index contributed by atoms with van der Waals surface area (Å²) in [6.45, 7) is 0.497. The van der Waals surface area contributed by atoms with Gasteiger partial charge in [0, 0.05) is 24.6 Å². The number of carbonyl (C=O) groups is 3. The quantitative estimate of drug-likeness (QED) is 0.734. The Labute approximate surface area is 140 Å². The topological polar surface area (TPSA) is 87.7 Å². The second-order valence-corrected chi connectivity index (χ2v) is 6.12. The first-order valence-electron chi connectivity index (χ1n) is 8.11. The van der Waals surface area contributed by atoms with Crippen LogP contribution in [-0.2, 0) is 16.1 Å². The number of para-hydroxylation sites is 1. The molecule has 0 aromatic heterocycles. The van der Waals surface area contributed by atoms with Gasteiger partial charge in [0.25, 0.3) is 5.91 Å². The summed E-state index contributed by atoms with van der Waals surface area (Å²) in [4.78, 5) is 37.1. The van der Waals surface area contributed by atoms with Crippen molar-refractivity contribution in [2.75, 3.05) is 7.11 Å². The number of carbonyl (C=O) groups excluding carboxylic acids is 3. The van der Waals surface area contributed by atoms with Gasteiger partial charge < -0.3 is 15.0 Å². The third-order valence-corrected chi connectivity index (χ3v) is 4.35. The van der Waals surface area contributed by atoms with Crippen molar-refractivity contribution < 1.29 is 19.1 Å². The zero-order valence-corrected chi connectivity index (χ0v) is 13.6. The van der Waals surface area contributed by atoms with Gasteiger partial charge in [0.1, 0.15) is 11.8 Å². The summed E-state index contributed by atoms with van der Waals surface area (Å²) in [7, 11) is 1.61. The molecule has 1 unspecified atom stereocenters. The number of imide groups is 1. The number of urea groups is 1. The number of methoxy groups -OCH3 is 1. The molecule has 0 bridgehead atoms. The highest BCUT2D eigenvalue weighted by atomic mass is 16.5. The molecule has 128 valence electrons. The molecule has 1 aliphatic heterocycles. The molecular formula is C17H21N3O4. The lowest BCUT2D eigenvalue weighted by molar-refractivity contribution is -0.132. The van der Waals surface area contributed by atoms with Gasteiger partial charge in [-0.05, 0) is 25.3 Å². The largest absolute Gasteiger partial charge is 0.496 e. The Morgan fingerprint density at radius 2 is 2.04 bits per heavy atom. The summed E-state index contributed by atoms with van der Waals surface area (Å²) < 4.78 is 5.35. The van der Waals surface area contributed by atoms with Crippen LogP contribution in [0.25, 0.3) is 0 Å². The number of benzene rings is 1. The summed E-state index contributed by atoms with van der Waals surface area (Å²) in [6.07, 6.45) is 2.54. The van der Waals surface area contributed by atoms with Crippen LogP contribution in [0.15, 0.2) is 24.3 Å². The molecule has 1 atom stereocenters. The molecule has 1 aliphatic carbocycles. The minimum absolute atomic E-state index is 0.00245. The zero-order valence-electron chi connectivity index (χ0n) is 13.6. The van der Waals surface area contributed by atoms with E-state index in [0.29, 0.717) is 13.0 Å². The SMILES string of the molecule is COc1ccccc1CN(C(=O)CCC1NC(=O)NC1=O)C1CC1. The molecule has 1 aromatic rings. The van der Waals surface area contributed by atoms with Gasteiger partial charge in [0.05, 0.1) is 7.11 Å². The monoisotopic (exact) mass is 331 g/mol. The fraction of sp³-hybridized carbons (Fsp3) is 0.471. The maximum atomic E-state index is 12.6. The third kappa shape index (κ3) is 3.67. The second-order valence-electron chi connectivity index (χ2n) is 6.12. The van der Waals surface area contributed by atoms with Gasteiger partial charge in [-0.1, -0.05) is 18.2 Å². The van der Waals surface area contributed by atoms with Crippen LogP contribution in [0.1, 0.15) is 31.2 Å². The molecule has 3 rings (SSSR count). The van der Waals surface area contributed by atoms with Gasteiger partial charge in [-0.15, -0.1) is 0 Å². The Morgan fingerprint density at radius 1 is 1.29 bits per heavy atom. The van der Waals surface area contributed by atoms with Crippen molar-refractivity contribution in [2.45, 2.75) is 44.3 Å². The lowest BCUT2D eigenvalue weighted by atomic mass is 10.1. The fourth-order valence-electron chi connectivity index (χ4n) is 2.90. The van der Waals surface area contributed by atoms with Gasteiger partial charge in [0.2, 0.25) is 5.91 Å². The van der Waals surface area contributed by atoms with E-state index in [1.807, 2.05) is 29.2 Å². The highest BCUT2D eigenvalue weighted by Crippen LogP contribution is 2.31. The predicted molar refractivity (Wildman–Crippen MR) is 86.3 cm³/mol. The van der Waals surface area contributed by atoms with Crippen molar-refractivity contribution in [1.82, 2.24) is 15.5 Å². The third-order valence-electron chi connectivity index (χ3n) is 4.35. The van der Waals surface area contributed by atoms with Crippen molar-refractivity contribution in [2.24, 2.45) is 0 Å². The molecule has 1 saturated carbocycles. The van der Waals surface area contributed by atoms with Crippen molar-refractivity contribution in [3.8, 4) is 5.75 Å². The normalized spacial score (nSPS) is 19.6. The van der Waals surface area contributed by atoms with Crippen LogP contribution in [0, 0.1) is 0 Å². The van der Waals surface area contributed by atoms with E-state index < -0.39 is 12.1 Å². The predicted octanol–water partition coefficient (Wildman–Crippen LogP) is 1.17. The standard InChI is InChI=1S/C17H21N3O4/c1-24-14-5-3-2-4-11(14)10-20(12-6-7-12)15(21)9-8-13-16(22)19-17(23)18-13/h2-5,12-13H,6-10H2,1H3,(H2,18,19,22,23). The van der Waals surface area contributed by atoms with Gasteiger partial charge in [-0.25, -0.2) is 4.79 Å². The Balaban J connectivity index is 1.62. The van der Waals surface area contributed by atoms with Crippen LogP contribution >= 0.6 is 0 Å². The van der Waals surface area contributed by atoms with Crippen LogP contribution in [0.5, 0.6) is 5.75 Å². The maximum Gasteiger partial charge on any atom is 0.322 e. The zero-order chi connectivity index (χ0) is 17.1. The summed E-state index contributed by atoms with van der Waals surface area (Å²) in [5, 5.41) is 4.70. The van der Waals surface area contributed by atoms with Gasteiger partial charge in [-0.3, -0.25) is 14.9 Å². The van der Waals surface area contributed by atoms with Crippen molar-refractivity contribution in [3.63, 3.8) is 0 Å². The van der Waals surface area contributed by atoms with Crippen LogP contribution < -0.4 is 15.4 Å². The van der Waals surface area contributed by atoms with E-state index >= 15 is 0 Å². The number of nitrogens with zero attached hydrogens (tertiary/aromatic N) is 1. The minimum atomic E-state index is -0.617. The highest BCUT2D eigenvalue weighted by molar-refractivity contribution is 6.04. The Hall–Kier alpha value is -2.57. The van der Waals surface area contributed by atoms with Crippen molar-refractivity contribution >= 4 is 17.8 Å². The Kier molecular flexibility index (Phi) is 4.69. The first-order chi connectivity index (χ1) is 11.6. The minimum Gasteiger partial charge on any atom is -0.496 e. The average molecular weight is 331 g/mol. The maximum absolute atomic E-state index is 12.6. The second kappa shape index (κ2) is 6.90. The highest BCUT2D eigenvalue weighted by Gasteiger charge is 2.35. The van der Waals surface area contributed by atoms with E-state index in [0.717, 1.165) is 24.2 Å². The molecule has 1 aromatic carbocycles. The number of hydrogen-bond acceptors (Lipinski definition) is 4. The van der Waals surface area contributed by atoms with Crippen LogP contribution in [0.2, 0.25) is 0 Å². The number of rotatable bonds is 7. The van der Waals surface area contributed by atoms with E-state index in [1.165, 1.54) is 0 Å². The molecule has 2 aliphatic rings. The first-order valence-corrected chi connectivity index (χ1v) is 8.11. The Bertz CT molecular complexity index is 657. The molecular weight excluding hydrogens is 310 g/mol. The lowest BCUT2D eigenvalue weighted by Crippen LogP contribution is -2.35. The van der Waals surface area contributed by atoms with Crippen LogP contribution in [0.4, 0.5) is 4.79 Å². The molecule has 2 N–H and O–H groups in total. The average Bonchev–Trinajstić information content (AvgIpc) is 3.35. The molecule has 0 spiro atoms. The molecule has 1 saturated heterocycles. The smallest absolute Gasteiger partial charge is 0.322 e. The molecule has 7 heteroatoms. The molecule has 4 amide bonds. The van der Waals surface area contributed by atoms with Crippen LogP contribution in [-0.4, -0.2) is 41.9 Å². The van der Waals surface area contributed by atoms with E-state index in [1.54, 1.807) is 7.11 Å². The van der Waals surface area contributed by atoms with Gasteiger partial charge in [-0.2, -0.15) is 0 Å².